The van der Waals surface area contributed by atoms with E-state index < -0.39 is 0 Å². The number of rotatable bonds is 7. The van der Waals surface area contributed by atoms with Crippen LogP contribution >= 0.6 is 0 Å². The number of ether oxygens (including phenoxy) is 1. The average molecular weight is 312 g/mol. The number of benzene rings is 1. The quantitative estimate of drug-likeness (QED) is 0.736. The van der Waals surface area contributed by atoms with Gasteiger partial charge in [0.25, 0.3) is 0 Å². The van der Waals surface area contributed by atoms with Gasteiger partial charge in [-0.05, 0) is 36.2 Å². The SMILES string of the molecule is CC(C)[C@@H](C(=O)OCc1ccccc1)N(C)Cc1ccncc1. The number of hydrogen-bond acceptors (Lipinski definition) is 4. The Bertz CT molecular complexity index is 599. The van der Waals surface area contributed by atoms with Crippen LogP contribution in [-0.2, 0) is 22.7 Å². The van der Waals surface area contributed by atoms with Gasteiger partial charge >= 0.3 is 5.97 Å². The molecule has 1 heterocycles. The lowest BCUT2D eigenvalue weighted by atomic mass is 10.0. The molecule has 0 unspecified atom stereocenters. The van der Waals surface area contributed by atoms with Crippen molar-refractivity contribution in [2.24, 2.45) is 5.92 Å². The van der Waals surface area contributed by atoms with Gasteiger partial charge in [-0.1, -0.05) is 44.2 Å². The second-order valence-corrected chi connectivity index (χ2v) is 6.05. The molecule has 0 amide bonds. The standard InChI is InChI=1S/C19H24N2O2/c1-15(2)18(21(3)13-16-9-11-20-12-10-16)19(22)23-14-17-7-5-4-6-8-17/h4-12,15,18H,13-14H2,1-3H3/t18-/m0/s1. The number of pyridine rings is 1. The van der Waals surface area contributed by atoms with Gasteiger partial charge in [-0.15, -0.1) is 0 Å². The third-order valence-electron chi connectivity index (χ3n) is 3.75. The molecule has 0 saturated heterocycles. The van der Waals surface area contributed by atoms with Crippen LogP contribution in [0.4, 0.5) is 0 Å². The van der Waals surface area contributed by atoms with E-state index in [9.17, 15) is 4.79 Å². The molecule has 0 radical (unpaired) electrons. The number of carbonyl (C=O) groups excluding carboxylic acids is 1. The topological polar surface area (TPSA) is 42.4 Å². The summed E-state index contributed by atoms with van der Waals surface area (Å²) in [4.78, 5) is 18.6. The average Bonchev–Trinajstić information content (AvgIpc) is 2.54. The summed E-state index contributed by atoms with van der Waals surface area (Å²) >= 11 is 0. The number of esters is 1. The highest BCUT2D eigenvalue weighted by Gasteiger charge is 2.28. The van der Waals surface area contributed by atoms with Crippen LogP contribution in [0.1, 0.15) is 25.0 Å². The molecule has 4 nitrogen and oxygen atoms in total. The van der Waals surface area contributed by atoms with Gasteiger partial charge in [-0.25, -0.2) is 0 Å². The van der Waals surface area contributed by atoms with Gasteiger partial charge in [0.2, 0.25) is 0 Å². The number of nitrogens with zero attached hydrogens (tertiary/aromatic N) is 2. The summed E-state index contributed by atoms with van der Waals surface area (Å²) in [5.74, 6) is -0.00878. The van der Waals surface area contributed by atoms with Crippen LogP contribution in [0.15, 0.2) is 54.9 Å². The Labute approximate surface area is 138 Å². The summed E-state index contributed by atoms with van der Waals surface area (Å²) < 4.78 is 5.52. The van der Waals surface area contributed by atoms with Crippen LogP contribution in [0.3, 0.4) is 0 Å². The fourth-order valence-corrected chi connectivity index (χ4v) is 2.65. The molecule has 1 aromatic carbocycles. The van der Waals surface area contributed by atoms with Crippen LogP contribution in [0.2, 0.25) is 0 Å². The number of hydrogen-bond donors (Lipinski definition) is 0. The first-order valence-corrected chi connectivity index (χ1v) is 7.87. The van der Waals surface area contributed by atoms with Crippen molar-refractivity contribution in [3.05, 3.63) is 66.0 Å². The van der Waals surface area contributed by atoms with Crippen molar-refractivity contribution in [3.8, 4) is 0 Å². The molecule has 0 spiro atoms. The normalized spacial score (nSPS) is 12.4. The van der Waals surface area contributed by atoms with E-state index in [4.69, 9.17) is 4.74 Å². The molecule has 0 fully saturated rings. The minimum Gasteiger partial charge on any atom is -0.460 e. The molecule has 0 N–H and O–H groups in total. The predicted molar refractivity (Wildman–Crippen MR) is 90.6 cm³/mol. The van der Waals surface area contributed by atoms with Gasteiger partial charge in [0.05, 0.1) is 0 Å². The minimum absolute atomic E-state index is 0.171. The Balaban J connectivity index is 1.97. The number of carbonyl (C=O) groups is 1. The lowest BCUT2D eigenvalue weighted by Gasteiger charge is -2.29. The highest BCUT2D eigenvalue weighted by Crippen LogP contribution is 2.15. The molecular weight excluding hydrogens is 288 g/mol. The van der Waals surface area contributed by atoms with Crippen LogP contribution in [0.5, 0.6) is 0 Å². The number of likely N-dealkylation sites (N-methyl/N-ethyl adjacent to an activating group) is 1. The van der Waals surface area contributed by atoms with Crippen molar-refractivity contribution in [3.63, 3.8) is 0 Å². The van der Waals surface area contributed by atoms with E-state index in [1.54, 1.807) is 12.4 Å². The fourth-order valence-electron chi connectivity index (χ4n) is 2.65. The molecule has 2 aromatic rings. The Morgan fingerprint density at radius 2 is 1.74 bits per heavy atom. The van der Waals surface area contributed by atoms with E-state index >= 15 is 0 Å². The molecule has 2 rings (SSSR count). The fraction of sp³-hybridized carbons (Fsp3) is 0.368. The largest absolute Gasteiger partial charge is 0.460 e. The molecule has 0 aliphatic heterocycles. The van der Waals surface area contributed by atoms with Gasteiger partial charge < -0.3 is 4.74 Å². The van der Waals surface area contributed by atoms with E-state index in [2.05, 4.69) is 4.98 Å². The summed E-state index contributed by atoms with van der Waals surface area (Å²) in [5, 5.41) is 0. The van der Waals surface area contributed by atoms with Crippen molar-refractivity contribution in [1.82, 2.24) is 9.88 Å². The van der Waals surface area contributed by atoms with Crippen LogP contribution in [0, 0.1) is 5.92 Å². The molecular formula is C19H24N2O2. The molecule has 23 heavy (non-hydrogen) atoms. The maximum atomic E-state index is 12.5. The van der Waals surface area contributed by atoms with E-state index in [1.165, 1.54) is 0 Å². The van der Waals surface area contributed by atoms with Crippen molar-refractivity contribution in [1.29, 1.82) is 0 Å². The highest BCUT2D eigenvalue weighted by molar-refractivity contribution is 5.76. The van der Waals surface area contributed by atoms with Crippen molar-refractivity contribution < 1.29 is 9.53 Å². The Hall–Kier alpha value is -2.20. The summed E-state index contributed by atoms with van der Waals surface area (Å²) in [6, 6.07) is 13.4. The molecule has 122 valence electrons. The maximum absolute atomic E-state index is 12.5. The Kier molecular flexibility index (Phi) is 6.29. The molecule has 0 saturated carbocycles. The summed E-state index contributed by atoms with van der Waals surface area (Å²) in [5.41, 5.74) is 2.13. The highest BCUT2D eigenvalue weighted by atomic mass is 16.5. The second-order valence-electron chi connectivity index (χ2n) is 6.05. The Morgan fingerprint density at radius 3 is 2.35 bits per heavy atom. The smallest absolute Gasteiger partial charge is 0.323 e. The van der Waals surface area contributed by atoms with Gasteiger partial charge in [0.15, 0.2) is 0 Å². The Morgan fingerprint density at radius 1 is 1.09 bits per heavy atom. The third-order valence-corrected chi connectivity index (χ3v) is 3.75. The van der Waals surface area contributed by atoms with Gasteiger partial charge in [0.1, 0.15) is 12.6 Å². The van der Waals surface area contributed by atoms with Gasteiger partial charge in [-0.2, -0.15) is 0 Å². The van der Waals surface area contributed by atoms with Crippen LogP contribution in [0.25, 0.3) is 0 Å². The van der Waals surface area contributed by atoms with E-state index in [0.717, 1.165) is 11.1 Å². The molecule has 0 bridgehead atoms. The molecule has 1 atom stereocenters. The predicted octanol–water partition coefficient (Wildman–Crippen LogP) is 3.28. The summed E-state index contributed by atoms with van der Waals surface area (Å²) in [6.45, 7) is 5.08. The van der Waals surface area contributed by atoms with Crippen molar-refractivity contribution in [2.45, 2.75) is 33.0 Å². The minimum atomic E-state index is -0.271. The zero-order chi connectivity index (χ0) is 16.7. The third kappa shape index (κ3) is 5.18. The first-order chi connectivity index (χ1) is 11.1. The second kappa shape index (κ2) is 8.44. The van der Waals surface area contributed by atoms with Crippen LogP contribution in [-0.4, -0.2) is 28.9 Å². The maximum Gasteiger partial charge on any atom is 0.323 e. The van der Waals surface area contributed by atoms with Gasteiger partial charge in [0, 0.05) is 18.9 Å². The summed E-state index contributed by atoms with van der Waals surface area (Å²) in [6.07, 6.45) is 3.53. The molecule has 1 aromatic heterocycles. The zero-order valence-electron chi connectivity index (χ0n) is 14.0. The van der Waals surface area contributed by atoms with Crippen molar-refractivity contribution >= 4 is 5.97 Å². The summed E-state index contributed by atoms with van der Waals surface area (Å²) in [7, 11) is 1.95. The zero-order valence-corrected chi connectivity index (χ0v) is 14.0. The molecule has 0 aliphatic carbocycles. The monoisotopic (exact) mass is 312 g/mol. The van der Waals surface area contributed by atoms with Crippen molar-refractivity contribution in [2.75, 3.05) is 7.05 Å². The first-order valence-electron chi connectivity index (χ1n) is 7.87. The van der Waals surface area contributed by atoms with E-state index in [-0.39, 0.29) is 17.9 Å². The number of aromatic nitrogens is 1. The van der Waals surface area contributed by atoms with E-state index in [0.29, 0.717) is 13.2 Å². The van der Waals surface area contributed by atoms with Gasteiger partial charge in [-0.3, -0.25) is 14.7 Å². The van der Waals surface area contributed by atoms with E-state index in [1.807, 2.05) is 68.3 Å². The molecule has 0 aliphatic rings. The lowest BCUT2D eigenvalue weighted by molar-refractivity contribution is -0.153. The molecule has 4 heteroatoms. The van der Waals surface area contributed by atoms with Crippen LogP contribution < -0.4 is 0 Å². The first kappa shape index (κ1) is 17.2. The lowest BCUT2D eigenvalue weighted by Crippen LogP contribution is -2.43.